The lowest BCUT2D eigenvalue weighted by Gasteiger charge is -2.24. The van der Waals surface area contributed by atoms with Gasteiger partial charge in [0.05, 0.1) is 5.92 Å². The van der Waals surface area contributed by atoms with Gasteiger partial charge in [0.1, 0.15) is 0 Å². The largest absolute Gasteiger partial charge is 0.326 e. The molecule has 1 atom stereocenters. The molecule has 0 fully saturated rings. The van der Waals surface area contributed by atoms with E-state index in [9.17, 15) is 9.59 Å². The van der Waals surface area contributed by atoms with Crippen LogP contribution in [-0.4, -0.2) is 11.7 Å². The predicted octanol–water partition coefficient (Wildman–Crippen LogP) is 3.95. The summed E-state index contributed by atoms with van der Waals surface area (Å²) in [7, 11) is 0. The minimum atomic E-state index is -0.106. The van der Waals surface area contributed by atoms with E-state index in [-0.39, 0.29) is 17.6 Å². The van der Waals surface area contributed by atoms with Crippen LogP contribution in [0.2, 0.25) is 0 Å². The Hall–Kier alpha value is -2.42. The van der Waals surface area contributed by atoms with Crippen molar-refractivity contribution in [1.29, 1.82) is 0 Å². The average Bonchev–Trinajstić information content (AvgIpc) is 2.54. The van der Waals surface area contributed by atoms with Crippen molar-refractivity contribution in [3.63, 3.8) is 0 Å². The van der Waals surface area contributed by atoms with Gasteiger partial charge in [-0.2, -0.15) is 0 Å². The number of hydrogen-bond acceptors (Lipinski definition) is 2. The number of Topliss-reactive ketones (excluding diaryl/α,β-unsaturated/α-hetero) is 1. The third-order valence-electron chi connectivity index (χ3n) is 4.22. The van der Waals surface area contributed by atoms with Crippen LogP contribution in [0.25, 0.3) is 0 Å². The van der Waals surface area contributed by atoms with E-state index in [1.54, 1.807) is 18.2 Å². The minimum Gasteiger partial charge on any atom is -0.326 e. The van der Waals surface area contributed by atoms with E-state index in [0.717, 1.165) is 24.8 Å². The standard InChI is InChI=1S/C19H19NO2/c1-13(21)15-8-4-9-16(12-15)20-19(22)18-11-5-7-14-6-2-3-10-17(14)18/h2-4,6,8-10,12,18H,5,7,11H2,1H3,(H,20,22). The van der Waals surface area contributed by atoms with Gasteiger partial charge in [0.2, 0.25) is 5.91 Å². The molecule has 3 nitrogen and oxygen atoms in total. The van der Waals surface area contributed by atoms with E-state index >= 15 is 0 Å². The summed E-state index contributed by atoms with van der Waals surface area (Å²) >= 11 is 0. The SMILES string of the molecule is CC(=O)c1cccc(NC(=O)C2CCCc3ccccc32)c1. The van der Waals surface area contributed by atoms with Crippen LogP contribution >= 0.6 is 0 Å². The third-order valence-corrected chi connectivity index (χ3v) is 4.22. The Morgan fingerprint density at radius 2 is 1.91 bits per heavy atom. The van der Waals surface area contributed by atoms with Gasteiger partial charge in [-0.15, -0.1) is 0 Å². The maximum atomic E-state index is 12.6. The van der Waals surface area contributed by atoms with Crippen molar-refractivity contribution in [2.24, 2.45) is 0 Å². The Labute approximate surface area is 130 Å². The van der Waals surface area contributed by atoms with Crippen molar-refractivity contribution in [3.8, 4) is 0 Å². The molecule has 1 aliphatic carbocycles. The summed E-state index contributed by atoms with van der Waals surface area (Å²) in [6.45, 7) is 1.53. The smallest absolute Gasteiger partial charge is 0.231 e. The molecule has 3 heteroatoms. The molecule has 1 aliphatic rings. The molecule has 0 bridgehead atoms. The lowest BCUT2D eigenvalue weighted by atomic mass is 9.82. The van der Waals surface area contributed by atoms with Crippen LogP contribution < -0.4 is 5.32 Å². The number of nitrogens with one attached hydrogen (secondary N) is 1. The molecule has 1 N–H and O–H groups in total. The zero-order valence-corrected chi connectivity index (χ0v) is 12.6. The first-order valence-electron chi connectivity index (χ1n) is 7.65. The first-order valence-corrected chi connectivity index (χ1v) is 7.65. The van der Waals surface area contributed by atoms with Gasteiger partial charge in [-0.25, -0.2) is 0 Å². The fourth-order valence-corrected chi connectivity index (χ4v) is 3.07. The van der Waals surface area contributed by atoms with Gasteiger partial charge in [-0.05, 0) is 49.4 Å². The highest BCUT2D eigenvalue weighted by atomic mass is 16.2. The van der Waals surface area contributed by atoms with Crippen LogP contribution in [0.15, 0.2) is 48.5 Å². The fraction of sp³-hybridized carbons (Fsp3) is 0.263. The van der Waals surface area contributed by atoms with Gasteiger partial charge in [0, 0.05) is 11.3 Å². The van der Waals surface area contributed by atoms with Gasteiger partial charge >= 0.3 is 0 Å². The van der Waals surface area contributed by atoms with Crippen LogP contribution in [0.5, 0.6) is 0 Å². The summed E-state index contributed by atoms with van der Waals surface area (Å²) in [4.78, 5) is 24.1. The number of benzene rings is 2. The second-order valence-corrected chi connectivity index (χ2v) is 5.77. The zero-order valence-electron chi connectivity index (χ0n) is 12.6. The van der Waals surface area contributed by atoms with Crippen molar-refractivity contribution in [1.82, 2.24) is 0 Å². The van der Waals surface area contributed by atoms with Gasteiger partial charge in [-0.3, -0.25) is 9.59 Å². The Bertz CT molecular complexity index is 721. The summed E-state index contributed by atoms with van der Waals surface area (Å²) < 4.78 is 0. The zero-order chi connectivity index (χ0) is 15.5. The summed E-state index contributed by atoms with van der Waals surface area (Å²) in [6.07, 6.45) is 2.94. The Kier molecular flexibility index (Phi) is 4.05. The van der Waals surface area contributed by atoms with Gasteiger partial charge < -0.3 is 5.32 Å². The number of carbonyl (C=O) groups is 2. The van der Waals surface area contributed by atoms with Crippen LogP contribution in [0.4, 0.5) is 5.69 Å². The molecule has 2 aromatic carbocycles. The summed E-state index contributed by atoms with van der Waals surface area (Å²) in [5.41, 5.74) is 3.70. The van der Waals surface area contributed by atoms with Crippen LogP contribution in [-0.2, 0) is 11.2 Å². The highest BCUT2D eigenvalue weighted by Crippen LogP contribution is 2.32. The molecule has 0 radical (unpaired) electrons. The molecule has 0 aromatic heterocycles. The van der Waals surface area contributed by atoms with Crippen LogP contribution in [0.1, 0.15) is 47.2 Å². The maximum absolute atomic E-state index is 12.6. The molecule has 22 heavy (non-hydrogen) atoms. The van der Waals surface area contributed by atoms with Gasteiger partial charge in [0.25, 0.3) is 0 Å². The van der Waals surface area contributed by atoms with E-state index in [1.165, 1.54) is 12.5 Å². The van der Waals surface area contributed by atoms with E-state index in [2.05, 4.69) is 11.4 Å². The summed E-state index contributed by atoms with van der Waals surface area (Å²) in [5, 5.41) is 2.96. The third kappa shape index (κ3) is 2.93. The van der Waals surface area contributed by atoms with E-state index < -0.39 is 0 Å². The van der Waals surface area contributed by atoms with Crippen LogP contribution in [0.3, 0.4) is 0 Å². The molecular formula is C19H19NO2. The van der Waals surface area contributed by atoms with E-state index in [0.29, 0.717) is 11.3 Å². The number of hydrogen-bond donors (Lipinski definition) is 1. The topological polar surface area (TPSA) is 46.2 Å². The molecule has 112 valence electrons. The highest BCUT2D eigenvalue weighted by Gasteiger charge is 2.26. The number of fused-ring (bicyclic) bond motifs is 1. The van der Waals surface area contributed by atoms with Gasteiger partial charge in [0.15, 0.2) is 5.78 Å². The predicted molar refractivity (Wildman–Crippen MR) is 87.2 cm³/mol. The highest BCUT2D eigenvalue weighted by molar-refractivity contribution is 5.99. The van der Waals surface area contributed by atoms with E-state index in [1.807, 2.05) is 24.3 Å². The summed E-state index contributed by atoms with van der Waals surface area (Å²) in [5.74, 6) is -0.0992. The molecule has 3 rings (SSSR count). The van der Waals surface area contributed by atoms with Crippen LogP contribution in [0, 0.1) is 0 Å². The minimum absolute atomic E-state index is 0.000823. The Morgan fingerprint density at radius 1 is 1.09 bits per heavy atom. The van der Waals surface area contributed by atoms with E-state index in [4.69, 9.17) is 0 Å². The fourth-order valence-electron chi connectivity index (χ4n) is 3.07. The molecule has 0 aliphatic heterocycles. The number of anilines is 1. The average molecular weight is 293 g/mol. The molecule has 0 heterocycles. The van der Waals surface area contributed by atoms with Crippen molar-refractivity contribution >= 4 is 17.4 Å². The van der Waals surface area contributed by atoms with Gasteiger partial charge in [-0.1, -0.05) is 36.4 Å². The molecule has 0 spiro atoms. The number of rotatable bonds is 3. The van der Waals surface area contributed by atoms with Crippen molar-refractivity contribution in [3.05, 3.63) is 65.2 Å². The Morgan fingerprint density at radius 3 is 2.73 bits per heavy atom. The quantitative estimate of drug-likeness (QED) is 0.871. The lowest BCUT2D eigenvalue weighted by molar-refractivity contribution is -0.117. The molecule has 1 unspecified atom stereocenters. The lowest BCUT2D eigenvalue weighted by Crippen LogP contribution is -2.24. The number of carbonyl (C=O) groups excluding carboxylic acids is 2. The monoisotopic (exact) mass is 293 g/mol. The molecule has 1 amide bonds. The molecular weight excluding hydrogens is 274 g/mol. The molecule has 2 aromatic rings. The Balaban J connectivity index is 1.81. The number of aryl methyl sites for hydroxylation is 1. The van der Waals surface area contributed by atoms with Crippen molar-refractivity contribution in [2.75, 3.05) is 5.32 Å². The summed E-state index contributed by atoms with van der Waals surface area (Å²) in [6, 6.07) is 15.3. The second-order valence-electron chi connectivity index (χ2n) is 5.77. The maximum Gasteiger partial charge on any atom is 0.231 e. The first-order chi connectivity index (χ1) is 10.6. The first kappa shape index (κ1) is 14.5. The van der Waals surface area contributed by atoms with Crippen molar-refractivity contribution in [2.45, 2.75) is 32.1 Å². The molecule has 0 saturated carbocycles. The number of amides is 1. The normalized spacial score (nSPS) is 16.7. The number of ketones is 1. The van der Waals surface area contributed by atoms with Crippen molar-refractivity contribution < 1.29 is 9.59 Å². The molecule has 0 saturated heterocycles. The second kappa shape index (κ2) is 6.14.